The fourth-order valence-corrected chi connectivity index (χ4v) is 3.86. The first-order valence-corrected chi connectivity index (χ1v) is 10.2. The topological polar surface area (TPSA) is 90.1 Å². The van der Waals surface area contributed by atoms with E-state index in [1.807, 2.05) is 36.4 Å². The molecular formula is C23H22FN5O2. The zero-order chi connectivity index (χ0) is 21.5. The van der Waals surface area contributed by atoms with Crippen molar-refractivity contribution in [2.75, 3.05) is 24.2 Å². The summed E-state index contributed by atoms with van der Waals surface area (Å²) in [4.78, 5) is 34.4. The van der Waals surface area contributed by atoms with E-state index in [2.05, 4.69) is 20.6 Å². The second-order valence-electron chi connectivity index (χ2n) is 7.97. The molecule has 7 nitrogen and oxygen atoms in total. The summed E-state index contributed by atoms with van der Waals surface area (Å²) in [6.45, 7) is 0.639. The van der Waals surface area contributed by atoms with E-state index in [1.165, 1.54) is 0 Å². The van der Waals surface area contributed by atoms with Gasteiger partial charge in [-0.3, -0.25) is 9.59 Å². The van der Waals surface area contributed by atoms with Crippen LogP contribution < -0.4 is 10.6 Å². The monoisotopic (exact) mass is 419 g/mol. The number of rotatable bonds is 5. The lowest BCUT2D eigenvalue weighted by Gasteiger charge is -2.23. The molecule has 2 aromatic heterocycles. The molecule has 0 bridgehead atoms. The summed E-state index contributed by atoms with van der Waals surface area (Å²) >= 11 is 0. The quantitative estimate of drug-likeness (QED) is 0.588. The van der Waals surface area contributed by atoms with Gasteiger partial charge in [-0.25, -0.2) is 9.37 Å². The average Bonchev–Trinajstić information content (AvgIpc) is 3.40. The van der Waals surface area contributed by atoms with Crippen LogP contribution in [0.4, 0.5) is 21.6 Å². The predicted octanol–water partition coefficient (Wildman–Crippen LogP) is 3.74. The van der Waals surface area contributed by atoms with Gasteiger partial charge in [-0.15, -0.1) is 0 Å². The maximum absolute atomic E-state index is 13.2. The van der Waals surface area contributed by atoms with Crippen molar-refractivity contribution < 1.29 is 14.0 Å². The first-order valence-electron chi connectivity index (χ1n) is 10.2. The summed E-state index contributed by atoms with van der Waals surface area (Å²) in [6, 6.07) is 13.2. The zero-order valence-electron chi connectivity index (χ0n) is 17.0. The number of nitrogens with one attached hydrogen (secondary N) is 3. The molecule has 0 unspecified atom stereocenters. The van der Waals surface area contributed by atoms with Crippen molar-refractivity contribution in [3.05, 3.63) is 59.9 Å². The maximum atomic E-state index is 13.2. The van der Waals surface area contributed by atoms with Crippen LogP contribution in [0.15, 0.2) is 48.7 Å². The third-order valence-corrected chi connectivity index (χ3v) is 5.73. The van der Waals surface area contributed by atoms with Crippen LogP contribution in [0.5, 0.6) is 0 Å². The molecule has 1 fully saturated rings. The molecule has 1 aliphatic carbocycles. The van der Waals surface area contributed by atoms with Gasteiger partial charge in [0, 0.05) is 43.2 Å². The highest BCUT2D eigenvalue weighted by Crippen LogP contribution is 2.39. The van der Waals surface area contributed by atoms with Gasteiger partial charge in [-0.2, -0.15) is 0 Å². The Labute approximate surface area is 178 Å². The summed E-state index contributed by atoms with van der Waals surface area (Å²) in [6.07, 6.45) is 1.50. The Bertz CT molecular complexity index is 1160. The molecular weight excluding hydrogens is 397 g/mol. The molecule has 0 radical (unpaired) electrons. The lowest BCUT2D eigenvalue weighted by molar-refractivity contribution is -0.117. The van der Waals surface area contributed by atoms with E-state index in [9.17, 15) is 14.0 Å². The van der Waals surface area contributed by atoms with Gasteiger partial charge in [0.15, 0.2) is 0 Å². The van der Waals surface area contributed by atoms with Crippen molar-refractivity contribution in [2.24, 2.45) is 5.92 Å². The first-order chi connectivity index (χ1) is 15.0. The highest BCUT2D eigenvalue weighted by Gasteiger charge is 2.43. The molecule has 31 heavy (non-hydrogen) atoms. The van der Waals surface area contributed by atoms with Crippen LogP contribution in [0.3, 0.4) is 0 Å². The number of alkyl halides is 1. The Kier molecular flexibility index (Phi) is 4.69. The number of H-pyrrole nitrogens is 1. The van der Waals surface area contributed by atoms with Crippen LogP contribution in [-0.4, -0.2) is 46.4 Å². The number of amides is 2. The number of hydrogen-bond donors (Lipinski definition) is 3. The molecule has 3 N–H and O–H groups in total. The van der Waals surface area contributed by atoms with E-state index < -0.39 is 12.1 Å². The highest BCUT2D eigenvalue weighted by atomic mass is 19.1. The van der Waals surface area contributed by atoms with E-state index in [4.69, 9.17) is 0 Å². The van der Waals surface area contributed by atoms with E-state index >= 15 is 0 Å². The third-order valence-electron chi connectivity index (χ3n) is 5.73. The lowest BCUT2D eigenvalue weighted by Crippen LogP contribution is -2.34. The number of pyridine rings is 1. The highest BCUT2D eigenvalue weighted by molar-refractivity contribution is 6.06. The number of aromatic amines is 1. The molecule has 2 atom stereocenters. The van der Waals surface area contributed by atoms with Crippen molar-refractivity contribution >= 4 is 29.0 Å². The molecule has 1 aromatic carbocycles. The Hall–Kier alpha value is -3.68. The SMILES string of the molecule is CN1CCc2[nH]c(-c3ccnc(NC(=O)[C@@H]4C[C@@H]4F)c3)c(Nc3ccccc3)c2C1=O. The van der Waals surface area contributed by atoms with Gasteiger partial charge in [-0.05, 0) is 30.7 Å². The number of hydrogen-bond acceptors (Lipinski definition) is 4. The second-order valence-corrected chi connectivity index (χ2v) is 7.97. The smallest absolute Gasteiger partial charge is 0.257 e. The maximum Gasteiger partial charge on any atom is 0.257 e. The van der Waals surface area contributed by atoms with Crippen molar-refractivity contribution in [2.45, 2.75) is 19.0 Å². The number of likely N-dealkylation sites (N-methyl/N-ethyl adjacent to an activating group) is 1. The summed E-state index contributed by atoms with van der Waals surface area (Å²) < 4.78 is 13.2. The molecule has 3 heterocycles. The van der Waals surface area contributed by atoms with E-state index in [0.29, 0.717) is 23.6 Å². The third kappa shape index (κ3) is 3.65. The van der Waals surface area contributed by atoms with Gasteiger partial charge in [0.05, 0.1) is 22.9 Å². The normalized spacial score (nSPS) is 19.7. The minimum atomic E-state index is -1.07. The van der Waals surface area contributed by atoms with Gasteiger partial charge < -0.3 is 20.5 Å². The molecule has 8 heteroatoms. The molecule has 5 rings (SSSR count). The average molecular weight is 419 g/mol. The molecule has 2 amide bonds. The minimum Gasteiger partial charge on any atom is -0.356 e. The number of para-hydroxylation sites is 1. The van der Waals surface area contributed by atoms with Gasteiger partial charge in [-0.1, -0.05) is 18.2 Å². The van der Waals surface area contributed by atoms with Gasteiger partial charge in [0.25, 0.3) is 5.91 Å². The van der Waals surface area contributed by atoms with Gasteiger partial charge >= 0.3 is 0 Å². The summed E-state index contributed by atoms with van der Waals surface area (Å²) in [5.74, 6) is -0.648. The molecule has 1 aliphatic heterocycles. The first kappa shape index (κ1) is 19.3. The molecule has 1 saturated carbocycles. The van der Waals surface area contributed by atoms with E-state index in [1.54, 1.807) is 24.2 Å². The summed E-state index contributed by atoms with van der Waals surface area (Å²) in [7, 11) is 1.79. The molecule has 158 valence electrons. The number of halogens is 1. The number of benzene rings is 1. The second kappa shape index (κ2) is 7.54. The largest absolute Gasteiger partial charge is 0.356 e. The molecule has 0 saturated heterocycles. The van der Waals surface area contributed by atoms with Crippen LogP contribution in [0.1, 0.15) is 22.5 Å². The fraction of sp³-hybridized carbons (Fsp3) is 0.261. The van der Waals surface area contributed by atoms with Crippen molar-refractivity contribution in [1.29, 1.82) is 0 Å². The number of carbonyl (C=O) groups is 2. The molecule has 3 aromatic rings. The Morgan fingerprint density at radius 1 is 1.26 bits per heavy atom. The van der Waals surface area contributed by atoms with E-state index in [-0.39, 0.29) is 18.2 Å². The van der Waals surface area contributed by atoms with Crippen LogP contribution in [0, 0.1) is 5.92 Å². The summed E-state index contributed by atoms with van der Waals surface area (Å²) in [5.41, 5.74) is 4.54. The van der Waals surface area contributed by atoms with Crippen molar-refractivity contribution in [1.82, 2.24) is 14.9 Å². The van der Waals surface area contributed by atoms with Crippen LogP contribution in [0.25, 0.3) is 11.3 Å². The standard InChI is InChI=1S/C23H22FN5O2/c1-29-10-8-17-19(23(29)31)21(26-14-5-3-2-4-6-14)20(27-17)13-7-9-25-18(11-13)28-22(30)15-12-16(15)24/h2-7,9,11,15-16,26-27H,8,10,12H2,1H3,(H,25,28,30)/t15-,16+/m1/s1. The van der Waals surface area contributed by atoms with E-state index in [0.717, 1.165) is 29.1 Å². The number of anilines is 3. The lowest BCUT2D eigenvalue weighted by atomic mass is 10.0. The van der Waals surface area contributed by atoms with Crippen LogP contribution in [-0.2, 0) is 11.2 Å². The number of aromatic nitrogens is 2. The fourth-order valence-electron chi connectivity index (χ4n) is 3.86. The van der Waals surface area contributed by atoms with Crippen LogP contribution in [0.2, 0.25) is 0 Å². The molecule has 0 spiro atoms. The number of carbonyl (C=O) groups excluding carboxylic acids is 2. The number of nitrogens with zero attached hydrogens (tertiary/aromatic N) is 2. The molecule has 2 aliphatic rings. The minimum absolute atomic E-state index is 0.0486. The zero-order valence-corrected chi connectivity index (χ0v) is 17.0. The van der Waals surface area contributed by atoms with Gasteiger partial charge in [0.2, 0.25) is 5.91 Å². The summed E-state index contributed by atoms with van der Waals surface area (Å²) in [5, 5.41) is 6.08. The van der Waals surface area contributed by atoms with Crippen molar-refractivity contribution in [3.8, 4) is 11.3 Å². The van der Waals surface area contributed by atoms with Crippen molar-refractivity contribution in [3.63, 3.8) is 0 Å². The predicted molar refractivity (Wildman–Crippen MR) is 116 cm³/mol. The number of fused-ring (bicyclic) bond motifs is 1. The Morgan fingerprint density at radius 3 is 2.77 bits per heavy atom. The van der Waals surface area contributed by atoms with Crippen LogP contribution >= 0.6 is 0 Å². The van der Waals surface area contributed by atoms with Gasteiger partial charge in [0.1, 0.15) is 12.0 Å². The Morgan fingerprint density at radius 2 is 2.03 bits per heavy atom. The Balaban J connectivity index is 1.54.